The third-order valence-electron chi connectivity index (χ3n) is 4.40. The highest BCUT2D eigenvalue weighted by Crippen LogP contribution is 2.17. The number of hydrogen-bond acceptors (Lipinski definition) is 3. The number of benzene rings is 2. The van der Waals surface area contributed by atoms with Gasteiger partial charge in [-0.25, -0.2) is 4.79 Å². The lowest BCUT2D eigenvalue weighted by Crippen LogP contribution is -2.51. The molecule has 0 unspecified atom stereocenters. The molecule has 0 saturated carbocycles. The zero-order valence-corrected chi connectivity index (χ0v) is 15.2. The van der Waals surface area contributed by atoms with Gasteiger partial charge in [-0.1, -0.05) is 60.1 Å². The largest absolute Gasteiger partial charge is 0.445 e. The summed E-state index contributed by atoms with van der Waals surface area (Å²) in [5.41, 5.74) is 1.78. The third kappa shape index (κ3) is 4.76. The van der Waals surface area contributed by atoms with Crippen molar-refractivity contribution >= 4 is 23.6 Å². The summed E-state index contributed by atoms with van der Waals surface area (Å²) in [5, 5.41) is 0.601. The van der Waals surface area contributed by atoms with Gasteiger partial charge < -0.3 is 14.5 Å². The molecular formula is C20H21ClN2O3. The van der Waals surface area contributed by atoms with Crippen LogP contribution in [0.4, 0.5) is 4.79 Å². The second-order valence-corrected chi connectivity index (χ2v) is 6.58. The summed E-state index contributed by atoms with van der Waals surface area (Å²) >= 11 is 6.12. The van der Waals surface area contributed by atoms with Gasteiger partial charge in [0.1, 0.15) is 6.61 Å². The Morgan fingerprint density at radius 2 is 1.50 bits per heavy atom. The van der Waals surface area contributed by atoms with Crippen LogP contribution in [0.5, 0.6) is 0 Å². The van der Waals surface area contributed by atoms with Crippen molar-refractivity contribution in [3.63, 3.8) is 0 Å². The third-order valence-corrected chi connectivity index (χ3v) is 4.76. The van der Waals surface area contributed by atoms with E-state index in [1.807, 2.05) is 48.5 Å². The fourth-order valence-corrected chi connectivity index (χ4v) is 3.07. The first-order chi connectivity index (χ1) is 12.6. The van der Waals surface area contributed by atoms with Gasteiger partial charge in [-0.15, -0.1) is 0 Å². The first-order valence-electron chi connectivity index (χ1n) is 8.60. The molecule has 1 heterocycles. The lowest BCUT2D eigenvalue weighted by atomic mass is 10.1. The summed E-state index contributed by atoms with van der Waals surface area (Å²) in [6.07, 6.45) is -0.0648. The molecule has 0 aromatic heterocycles. The van der Waals surface area contributed by atoms with Crippen molar-refractivity contribution in [2.45, 2.75) is 13.0 Å². The van der Waals surface area contributed by atoms with Crippen LogP contribution >= 0.6 is 11.6 Å². The molecule has 6 heteroatoms. The Morgan fingerprint density at radius 3 is 2.19 bits per heavy atom. The highest BCUT2D eigenvalue weighted by atomic mass is 35.5. The summed E-state index contributed by atoms with van der Waals surface area (Å²) in [4.78, 5) is 28.0. The number of ether oxygens (including phenoxy) is 1. The second kappa shape index (κ2) is 8.72. The number of hydrogen-bond donors (Lipinski definition) is 0. The maximum absolute atomic E-state index is 12.4. The van der Waals surface area contributed by atoms with E-state index in [1.54, 1.807) is 15.9 Å². The summed E-state index contributed by atoms with van der Waals surface area (Å²) in [7, 11) is 0. The van der Waals surface area contributed by atoms with Crippen molar-refractivity contribution in [2.75, 3.05) is 26.2 Å². The Hall–Kier alpha value is -2.53. The van der Waals surface area contributed by atoms with E-state index in [2.05, 4.69) is 0 Å². The number of halogens is 1. The summed E-state index contributed by atoms with van der Waals surface area (Å²) < 4.78 is 5.34. The van der Waals surface area contributed by atoms with Gasteiger partial charge in [-0.2, -0.15) is 0 Å². The van der Waals surface area contributed by atoms with Crippen LogP contribution in [0, 0.1) is 0 Å². The van der Waals surface area contributed by atoms with E-state index in [-0.39, 0.29) is 25.0 Å². The van der Waals surface area contributed by atoms with E-state index in [0.29, 0.717) is 31.2 Å². The molecule has 2 aromatic rings. The molecule has 2 amide bonds. The van der Waals surface area contributed by atoms with Crippen molar-refractivity contribution in [1.82, 2.24) is 9.80 Å². The van der Waals surface area contributed by atoms with Crippen molar-refractivity contribution in [3.8, 4) is 0 Å². The molecule has 1 fully saturated rings. The van der Waals surface area contributed by atoms with Gasteiger partial charge in [0, 0.05) is 31.2 Å². The molecule has 0 aliphatic carbocycles. The molecular weight excluding hydrogens is 352 g/mol. The molecule has 136 valence electrons. The molecule has 3 rings (SSSR count). The fraction of sp³-hybridized carbons (Fsp3) is 0.300. The van der Waals surface area contributed by atoms with Crippen molar-refractivity contribution in [3.05, 3.63) is 70.7 Å². The monoisotopic (exact) mass is 372 g/mol. The van der Waals surface area contributed by atoms with Crippen molar-refractivity contribution < 1.29 is 14.3 Å². The van der Waals surface area contributed by atoms with Crippen LogP contribution in [0.25, 0.3) is 0 Å². The second-order valence-electron chi connectivity index (χ2n) is 6.18. The Bertz CT molecular complexity index is 759. The average molecular weight is 373 g/mol. The topological polar surface area (TPSA) is 49.9 Å². The van der Waals surface area contributed by atoms with Crippen LogP contribution in [-0.4, -0.2) is 48.0 Å². The zero-order valence-electron chi connectivity index (χ0n) is 14.4. The average Bonchev–Trinajstić information content (AvgIpc) is 2.69. The van der Waals surface area contributed by atoms with Crippen molar-refractivity contribution in [2.24, 2.45) is 0 Å². The number of rotatable bonds is 4. The summed E-state index contributed by atoms with van der Waals surface area (Å²) in [6, 6.07) is 16.9. The van der Waals surface area contributed by atoms with Crippen LogP contribution in [0.15, 0.2) is 54.6 Å². The number of nitrogens with zero attached hydrogens (tertiary/aromatic N) is 2. The predicted octanol–water partition coefficient (Wildman–Crippen LogP) is 3.36. The lowest BCUT2D eigenvalue weighted by Gasteiger charge is -2.34. The van der Waals surface area contributed by atoms with E-state index < -0.39 is 0 Å². The van der Waals surface area contributed by atoms with Gasteiger partial charge in [0.25, 0.3) is 0 Å². The lowest BCUT2D eigenvalue weighted by molar-refractivity contribution is -0.132. The van der Waals surface area contributed by atoms with Crippen LogP contribution < -0.4 is 0 Å². The molecule has 0 bridgehead atoms. The minimum Gasteiger partial charge on any atom is -0.445 e. The molecule has 2 aromatic carbocycles. The number of amides is 2. The van der Waals surface area contributed by atoms with Gasteiger partial charge in [-0.05, 0) is 17.2 Å². The highest BCUT2D eigenvalue weighted by Gasteiger charge is 2.25. The smallest absolute Gasteiger partial charge is 0.410 e. The van der Waals surface area contributed by atoms with E-state index in [4.69, 9.17) is 16.3 Å². The molecule has 1 aliphatic rings. The first-order valence-corrected chi connectivity index (χ1v) is 8.98. The number of piperazine rings is 1. The minimum atomic E-state index is -0.341. The van der Waals surface area contributed by atoms with Crippen LogP contribution in [0.3, 0.4) is 0 Å². The number of carbonyl (C=O) groups excluding carboxylic acids is 2. The highest BCUT2D eigenvalue weighted by molar-refractivity contribution is 6.31. The van der Waals surface area contributed by atoms with Gasteiger partial charge in [0.15, 0.2) is 0 Å². The molecule has 0 atom stereocenters. The van der Waals surface area contributed by atoms with Gasteiger partial charge in [0.2, 0.25) is 5.91 Å². The Balaban J connectivity index is 1.45. The van der Waals surface area contributed by atoms with Crippen LogP contribution in [0.1, 0.15) is 11.1 Å². The van der Waals surface area contributed by atoms with Gasteiger partial charge in [0.05, 0.1) is 6.42 Å². The maximum Gasteiger partial charge on any atom is 0.410 e. The van der Waals surface area contributed by atoms with E-state index in [1.165, 1.54) is 0 Å². The minimum absolute atomic E-state index is 0.0235. The van der Waals surface area contributed by atoms with E-state index in [0.717, 1.165) is 11.1 Å². The Morgan fingerprint density at radius 1 is 0.885 bits per heavy atom. The zero-order chi connectivity index (χ0) is 18.4. The molecule has 0 radical (unpaired) electrons. The molecule has 5 nitrogen and oxygen atoms in total. The molecule has 0 N–H and O–H groups in total. The maximum atomic E-state index is 12.4. The molecule has 0 spiro atoms. The quantitative estimate of drug-likeness (QED) is 0.826. The molecule has 1 saturated heterocycles. The molecule has 26 heavy (non-hydrogen) atoms. The Labute approximate surface area is 158 Å². The van der Waals surface area contributed by atoms with Crippen LogP contribution in [-0.2, 0) is 22.6 Å². The standard InChI is InChI=1S/C20H21ClN2O3/c21-18-9-5-4-8-17(18)14-19(24)22-10-12-23(13-11-22)20(25)26-15-16-6-2-1-3-7-16/h1-9H,10-15H2. The van der Waals surface area contributed by atoms with E-state index in [9.17, 15) is 9.59 Å². The fourth-order valence-electron chi connectivity index (χ4n) is 2.87. The number of carbonyl (C=O) groups is 2. The van der Waals surface area contributed by atoms with Crippen LogP contribution in [0.2, 0.25) is 5.02 Å². The first kappa shape index (κ1) is 18.3. The summed E-state index contributed by atoms with van der Waals surface area (Å²) in [5.74, 6) is 0.0235. The Kier molecular flexibility index (Phi) is 6.12. The summed E-state index contributed by atoms with van der Waals surface area (Å²) in [6.45, 7) is 2.21. The molecule has 1 aliphatic heterocycles. The van der Waals surface area contributed by atoms with Gasteiger partial charge >= 0.3 is 6.09 Å². The van der Waals surface area contributed by atoms with E-state index >= 15 is 0 Å². The van der Waals surface area contributed by atoms with Gasteiger partial charge in [-0.3, -0.25) is 4.79 Å². The van der Waals surface area contributed by atoms with Crippen molar-refractivity contribution in [1.29, 1.82) is 0 Å². The predicted molar refractivity (Wildman–Crippen MR) is 99.9 cm³/mol. The normalized spacial score (nSPS) is 14.2. The SMILES string of the molecule is O=C(Cc1ccccc1Cl)N1CCN(C(=O)OCc2ccccc2)CC1.